The highest BCUT2D eigenvalue weighted by Gasteiger charge is 2.14. The second kappa shape index (κ2) is 6.69. The van der Waals surface area contributed by atoms with Crippen molar-refractivity contribution in [1.29, 1.82) is 5.26 Å². The number of nitrogens with one attached hydrogen (secondary N) is 1. The highest BCUT2D eigenvalue weighted by atomic mass is 32.2. The van der Waals surface area contributed by atoms with Crippen LogP contribution in [-0.4, -0.2) is 12.8 Å². The van der Waals surface area contributed by atoms with Crippen LogP contribution in [0.1, 0.15) is 16.0 Å². The summed E-state index contributed by atoms with van der Waals surface area (Å²) in [6.07, 6.45) is 2.94. The molecule has 0 aliphatic heterocycles. The number of benzene rings is 1. The van der Waals surface area contributed by atoms with Crippen molar-refractivity contribution in [3.63, 3.8) is 0 Å². The van der Waals surface area contributed by atoms with E-state index in [-0.39, 0.29) is 0 Å². The van der Waals surface area contributed by atoms with Gasteiger partial charge in [-0.05, 0) is 30.7 Å². The van der Waals surface area contributed by atoms with Crippen molar-refractivity contribution in [2.24, 2.45) is 0 Å². The smallest absolute Gasteiger partial charge is 0.131 e. The summed E-state index contributed by atoms with van der Waals surface area (Å²) in [7, 11) is 0. The average Bonchev–Trinajstić information content (AvgIpc) is 2.76. The molecule has 0 radical (unpaired) electrons. The van der Waals surface area contributed by atoms with Crippen LogP contribution in [0.3, 0.4) is 0 Å². The molecule has 2 aromatic rings. The molecule has 0 unspecified atom stereocenters. The Bertz CT molecular complexity index is 641. The van der Waals surface area contributed by atoms with Gasteiger partial charge in [0.05, 0.1) is 10.6 Å². The zero-order chi connectivity index (χ0) is 14.5. The molecule has 104 valence electrons. The van der Waals surface area contributed by atoms with E-state index in [9.17, 15) is 0 Å². The van der Waals surface area contributed by atoms with E-state index in [1.54, 1.807) is 11.8 Å². The lowest BCUT2D eigenvalue weighted by Crippen LogP contribution is -2.05. The van der Waals surface area contributed by atoms with Crippen molar-refractivity contribution in [3.8, 4) is 6.07 Å². The number of hydrogen-bond donors (Lipinski definition) is 2. The lowest BCUT2D eigenvalue weighted by molar-refractivity contribution is 1.01. The largest absolute Gasteiger partial charge is 0.396 e. The van der Waals surface area contributed by atoms with Crippen molar-refractivity contribution in [3.05, 3.63) is 40.3 Å². The van der Waals surface area contributed by atoms with Crippen LogP contribution >= 0.6 is 23.1 Å². The summed E-state index contributed by atoms with van der Waals surface area (Å²) in [5.74, 6) is 0. The third kappa shape index (κ3) is 3.09. The van der Waals surface area contributed by atoms with E-state index >= 15 is 0 Å². The Hall–Kier alpha value is -1.64. The Morgan fingerprint density at radius 3 is 2.80 bits per heavy atom. The van der Waals surface area contributed by atoms with E-state index in [1.165, 1.54) is 22.5 Å². The molecule has 0 bridgehead atoms. The quantitative estimate of drug-likeness (QED) is 0.823. The number of aryl methyl sites for hydroxylation is 1. The SMILES string of the molecule is CSc1c(NCCc2ccccc2C)sc(C#N)c1N. The van der Waals surface area contributed by atoms with Crippen LogP contribution in [0, 0.1) is 18.3 Å². The van der Waals surface area contributed by atoms with E-state index in [2.05, 4.69) is 42.6 Å². The average molecular weight is 303 g/mol. The predicted octanol–water partition coefficient (Wildman–Crippen LogP) is 3.89. The van der Waals surface area contributed by atoms with Gasteiger partial charge in [0.15, 0.2) is 0 Å². The molecule has 1 aromatic carbocycles. The monoisotopic (exact) mass is 303 g/mol. The van der Waals surface area contributed by atoms with E-state index in [4.69, 9.17) is 11.0 Å². The van der Waals surface area contributed by atoms with Crippen LogP contribution in [0.2, 0.25) is 0 Å². The van der Waals surface area contributed by atoms with E-state index < -0.39 is 0 Å². The summed E-state index contributed by atoms with van der Waals surface area (Å²) in [4.78, 5) is 1.57. The number of thiophene rings is 1. The summed E-state index contributed by atoms with van der Waals surface area (Å²) < 4.78 is 0. The van der Waals surface area contributed by atoms with Crippen molar-refractivity contribution in [2.75, 3.05) is 23.9 Å². The number of nitrogen functional groups attached to an aromatic ring is 1. The van der Waals surface area contributed by atoms with E-state index in [0.717, 1.165) is 22.9 Å². The molecule has 3 nitrogen and oxygen atoms in total. The lowest BCUT2D eigenvalue weighted by atomic mass is 10.1. The fourth-order valence-electron chi connectivity index (χ4n) is 2.03. The summed E-state index contributed by atoms with van der Waals surface area (Å²) in [6.45, 7) is 2.96. The van der Waals surface area contributed by atoms with Crippen LogP contribution in [0.4, 0.5) is 10.7 Å². The van der Waals surface area contributed by atoms with Gasteiger partial charge in [0.25, 0.3) is 0 Å². The maximum atomic E-state index is 9.03. The normalized spacial score (nSPS) is 10.2. The summed E-state index contributed by atoms with van der Waals surface area (Å²) >= 11 is 3.01. The minimum Gasteiger partial charge on any atom is -0.396 e. The molecular weight excluding hydrogens is 286 g/mol. The van der Waals surface area contributed by atoms with Gasteiger partial charge < -0.3 is 11.1 Å². The predicted molar refractivity (Wildman–Crippen MR) is 88.6 cm³/mol. The fourth-order valence-corrected chi connectivity index (χ4v) is 3.89. The number of nitriles is 1. The Balaban J connectivity index is 2.05. The molecule has 3 N–H and O–H groups in total. The van der Waals surface area contributed by atoms with Gasteiger partial charge in [-0.25, -0.2) is 0 Å². The molecule has 20 heavy (non-hydrogen) atoms. The second-order valence-corrected chi connectivity index (χ2v) is 6.26. The third-order valence-electron chi connectivity index (χ3n) is 3.15. The summed E-state index contributed by atoms with van der Waals surface area (Å²) in [5.41, 5.74) is 9.21. The first-order valence-corrected chi connectivity index (χ1v) is 8.36. The first kappa shape index (κ1) is 14.8. The number of nitrogens with zero attached hydrogens (tertiary/aromatic N) is 1. The number of nitrogens with two attached hydrogens (primary N) is 1. The molecule has 0 amide bonds. The topological polar surface area (TPSA) is 61.8 Å². The zero-order valence-corrected chi connectivity index (χ0v) is 13.2. The first-order valence-electron chi connectivity index (χ1n) is 6.32. The van der Waals surface area contributed by atoms with Crippen LogP contribution in [-0.2, 0) is 6.42 Å². The van der Waals surface area contributed by atoms with Crippen molar-refractivity contribution in [2.45, 2.75) is 18.2 Å². The Morgan fingerprint density at radius 1 is 1.40 bits per heavy atom. The van der Waals surface area contributed by atoms with E-state index in [1.807, 2.05) is 6.26 Å². The van der Waals surface area contributed by atoms with Crippen molar-refractivity contribution in [1.82, 2.24) is 0 Å². The number of thioether (sulfide) groups is 1. The highest BCUT2D eigenvalue weighted by Crippen LogP contribution is 2.41. The lowest BCUT2D eigenvalue weighted by Gasteiger charge is -2.08. The molecule has 0 aliphatic carbocycles. The first-order chi connectivity index (χ1) is 9.67. The molecule has 1 aromatic heterocycles. The number of anilines is 2. The maximum absolute atomic E-state index is 9.03. The molecular formula is C15H17N3S2. The molecule has 5 heteroatoms. The minimum atomic E-state index is 0.591. The molecule has 1 heterocycles. The van der Waals surface area contributed by atoms with Crippen LogP contribution in [0.15, 0.2) is 29.2 Å². The molecule has 0 aliphatic rings. The molecule has 0 fully saturated rings. The second-order valence-electron chi connectivity index (χ2n) is 4.42. The van der Waals surface area contributed by atoms with Gasteiger partial charge in [0.2, 0.25) is 0 Å². The van der Waals surface area contributed by atoms with Gasteiger partial charge >= 0.3 is 0 Å². The van der Waals surface area contributed by atoms with Crippen LogP contribution < -0.4 is 11.1 Å². The number of hydrogen-bond acceptors (Lipinski definition) is 5. The molecule has 2 rings (SSSR count). The summed E-state index contributed by atoms with van der Waals surface area (Å²) in [6, 6.07) is 10.5. The Morgan fingerprint density at radius 2 is 2.15 bits per heavy atom. The fraction of sp³-hybridized carbons (Fsp3) is 0.267. The van der Waals surface area contributed by atoms with Crippen LogP contribution in [0.5, 0.6) is 0 Å². The number of rotatable bonds is 5. The standard InChI is InChI=1S/C15H17N3S2/c1-10-5-3-4-6-11(10)7-8-18-15-14(19-2)13(17)12(9-16)20-15/h3-6,18H,7-8,17H2,1-2H3. The molecule has 0 spiro atoms. The van der Waals surface area contributed by atoms with Crippen molar-refractivity contribution >= 4 is 33.8 Å². The van der Waals surface area contributed by atoms with Gasteiger partial charge in [-0.3, -0.25) is 0 Å². The maximum Gasteiger partial charge on any atom is 0.131 e. The molecule has 0 saturated heterocycles. The molecule has 0 atom stereocenters. The third-order valence-corrected chi connectivity index (χ3v) is 5.18. The molecule has 0 saturated carbocycles. The van der Waals surface area contributed by atoms with E-state index in [0.29, 0.717) is 10.6 Å². The highest BCUT2D eigenvalue weighted by molar-refractivity contribution is 7.99. The van der Waals surface area contributed by atoms with Gasteiger partial charge in [0, 0.05) is 6.54 Å². The summed E-state index contributed by atoms with van der Waals surface area (Å²) in [5, 5.41) is 13.4. The Kier molecular flexibility index (Phi) is 4.94. The minimum absolute atomic E-state index is 0.591. The Labute approximate surface area is 127 Å². The van der Waals surface area contributed by atoms with Crippen LogP contribution in [0.25, 0.3) is 0 Å². The van der Waals surface area contributed by atoms with Gasteiger partial charge in [-0.1, -0.05) is 24.3 Å². The van der Waals surface area contributed by atoms with Gasteiger partial charge in [0.1, 0.15) is 15.9 Å². The zero-order valence-electron chi connectivity index (χ0n) is 11.6. The van der Waals surface area contributed by atoms with Crippen molar-refractivity contribution < 1.29 is 0 Å². The van der Waals surface area contributed by atoms with Gasteiger partial charge in [-0.2, -0.15) is 5.26 Å². The van der Waals surface area contributed by atoms with Gasteiger partial charge in [-0.15, -0.1) is 23.1 Å².